The van der Waals surface area contributed by atoms with Gasteiger partial charge in [-0.2, -0.15) is 0 Å². The highest BCUT2D eigenvalue weighted by Gasteiger charge is 2.27. The van der Waals surface area contributed by atoms with Crippen molar-refractivity contribution in [3.05, 3.63) is 83.9 Å². The molecule has 6 heteroatoms. The molecule has 1 unspecified atom stereocenters. The van der Waals surface area contributed by atoms with Gasteiger partial charge in [0.25, 0.3) is 0 Å². The van der Waals surface area contributed by atoms with Crippen LogP contribution in [0.25, 0.3) is 10.8 Å². The van der Waals surface area contributed by atoms with E-state index in [0.717, 1.165) is 51.6 Å². The van der Waals surface area contributed by atoms with E-state index in [-0.39, 0.29) is 5.91 Å². The van der Waals surface area contributed by atoms with E-state index < -0.39 is 0 Å². The van der Waals surface area contributed by atoms with Crippen LogP contribution in [0.1, 0.15) is 17.1 Å². The van der Waals surface area contributed by atoms with Gasteiger partial charge in [-0.25, -0.2) is 4.98 Å². The van der Waals surface area contributed by atoms with Crippen LogP contribution in [0.2, 0.25) is 0 Å². The van der Waals surface area contributed by atoms with E-state index in [4.69, 9.17) is 4.74 Å². The number of amides is 1. The quantitative estimate of drug-likeness (QED) is 0.421. The van der Waals surface area contributed by atoms with Gasteiger partial charge in [-0.1, -0.05) is 30.3 Å². The maximum absolute atomic E-state index is 13.2. The summed E-state index contributed by atoms with van der Waals surface area (Å²) in [6, 6.07) is 20.4. The van der Waals surface area contributed by atoms with Crippen LogP contribution in [0.15, 0.2) is 66.9 Å². The first-order valence-electron chi connectivity index (χ1n) is 11.0. The van der Waals surface area contributed by atoms with Crippen molar-refractivity contribution in [3.8, 4) is 11.5 Å². The summed E-state index contributed by atoms with van der Waals surface area (Å²) in [5.41, 5.74) is 3.22. The standard InChI is InChI=1S/C26H24N4O2/c1-18-27-14-21-16-28-10-11-29(26(31)17-28)25-7-3-5-20-8-9-23(13-24(20)25)32-22-6-2-4-19(12-22)15-30(18)21/h2-9,12-14H,10-11,15-17H2,1H3. The van der Waals surface area contributed by atoms with E-state index in [1.54, 1.807) is 0 Å². The highest BCUT2D eigenvalue weighted by atomic mass is 16.5. The van der Waals surface area contributed by atoms with Gasteiger partial charge >= 0.3 is 0 Å². The number of aryl methyl sites for hydroxylation is 1. The van der Waals surface area contributed by atoms with Crippen LogP contribution in [-0.4, -0.2) is 40.0 Å². The maximum atomic E-state index is 13.2. The molecule has 1 atom stereocenters. The summed E-state index contributed by atoms with van der Waals surface area (Å²) in [6.07, 6.45) is 1.93. The Morgan fingerprint density at radius 3 is 2.69 bits per heavy atom. The van der Waals surface area contributed by atoms with E-state index in [2.05, 4.69) is 38.7 Å². The summed E-state index contributed by atoms with van der Waals surface area (Å²) >= 11 is 0. The smallest absolute Gasteiger partial charge is 0.241 e. The number of nitrogens with zero attached hydrogens (tertiary/aromatic N) is 4. The van der Waals surface area contributed by atoms with Crippen molar-refractivity contribution in [2.24, 2.45) is 0 Å². The summed E-state index contributed by atoms with van der Waals surface area (Å²) in [6.45, 7) is 5.32. The molecular weight excluding hydrogens is 400 g/mol. The van der Waals surface area contributed by atoms with Gasteiger partial charge in [-0.3, -0.25) is 9.69 Å². The molecule has 1 saturated heterocycles. The van der Waals surface area contributed by atoms with Gasteiger partial charge in [0.05, 0.1) is 17.9 Å². The van der Waals surface area contributed by atoms with Gasteiger partial charge < -0.3 is 14.2 Å². The van der Waals surface area contributed by atoms with Crippen LogP contribution in [0, 0.1) is 6.92 Å². The molecule has 6 bridgehead atoms. The molecular formula is C26H24N4O2. The minimum absolute atomic E-state index is 0.121. The molecule has 1 amide bonds. The van der Waals surface area contributed by atoms with Gasteiger partial charge in [0, 0.05) is 37.8 Å². The molecule has 4 aromatic rings. The fourth-order valence-corrected chi connectivity index (χ4v) is 4.76. The minimum atomic E-state index is 0.121. The predicted molar refractivity (Wildman–Crippen MR) is 124 cm³/mol. The zero-order valence-electron chi connectivity index (χ0n) is 18.0. The zero-order valence-corrected chi connectivity index (χ0v) is 18.0. The molecule has 4 heterocycles. The fourth-order valence-electron chi connectivity index (χ4n) is 4.76. The van der Waals surface area contributed by atoms with Crippen LogP contribution < -0.4 is 9.64 Å². The summed E-state index contributed by atoms with van der Waals surface area (Å²) in [5, 5.41) is 2.13. The second kappa shape index (κ2) is 7.50. The molecule has 3 aliphatic rings. The molecule has 0 N–H and O–H groups in total. The Bertz CT molecular complexity index is 1340. The van der Waals surface area contributed by atoms with Crippen molar-refractivity contribution in [2.75, 3.05) is 24.5 Å². The number of carbonyl (C=O) groups excluding carboxylic acids is 1. The third-order valence-electron chi connectivity index (χ3n) is 6.42. The van der Waals surface area contributed by atoms with Crippen LogP contribution in [0.5, 0.6) is 11.5 Å². The molecule has 3 aromatic carbocycles. The molecule has 0 spiro atoms. The van der Waals surface area contributed by atoms with E-state index in [9.17, 15) is 4.79 Å². The number of carbonyl (C=O) groups is 1. The van der Waals surface area contributed by atoms with E-state index >= 15 is 0 Å². The Kier molecular flexibility index (Phi) is 4.47. The Balaban J connectivity index is 1.50. The second-order valence-corrected chi connectivity index (χ2v) is 8.55. The lowest BCUT2D eigenvalue weighted by Crippen LogP contribution is -2.50. The number of ether oxygens (including phenoxy) is 1. The molecule has 32 heavy (non-hydrogen) atoms. The van der Waals surface area contributed by atoms with Crippen LogP contribution in [0.4, 0.5) is 5.69 Å². The lowest BCUT2D eigenvalue weighted by molar-refractivity contribution is -0.121. The number of anilines is 1. The monoisotopic (exact) mass is 424 g/mol. The largest absolute Gasteiger partial charge is 0.457 e. The molecule has 1 aromatic heterocycles. The van der Waals surface area contributed by atoms with Gasteiger partial charge in [0.1, 0.15) is 17.3 Å². The molecule has 0 saturated carbocycles. The number of piperazine rings is 1. The second-order valence-electron chi connectivity index (χ2n) is 8.55. The van der Waals surface area contributed by atoms with E-state index in [0.29, 0.717) is 26.2 Å². The zero-order chi connectivity index (χ0) is 21.7. The van der Waals surface area contributed by atoms with Crippen molar-refractivity contribution in [1.29, 1.82) is 0 Å². The number of rotatable bonds is 0. The Morgan fingerprint density at radius 2 is 1.78 bits per heavy atom. The predicted octanol–water partition coefficient (Wildman–Crippen LogP) is 4.35. The van der Waals surface area contributed by atoms with Crippen molar-refractivity contribution in [2.45, 2.75) is 20.0 Å². The number of aromatic nitrogens is 2. The Hall–Kier alpha value is -3.64. The third kappa shape index (κ3) is 3.33. The first-order chi connectivity index (χ1) is 15.6. The molecule has 0 aliphatic carbocycles. The number of fused-ring (bicyclic) bond motifs is 2. The summed E-state index contributed by atoms with van der Waals surface area (Å²) in [5.74, 6) is 2.65. The molecule has 1 fully saturated rings. The fraction of sp³-hybridized carbons (Fsp3) is 0.231. The van der Waals surface area contributed by atoms with Crippen molar-refractivity contribution in [1.82, 2.24) is 14.5 Å². The van der Waals surface area contributed by atoms with E-state index in [1.807, 2.05) is 54.4 Å². The number of hydrogen-bond acceptors (Lipinski definition) is 4. The molecule has 160 valence electrons. The Morgan fingerprint density at radius 1 is 0.906 bits per heavy atom. The van der Waals surface area contributed by atoms with Crippen molar-refractivity contribution >= 4 is 22.4 Å². The SMILES string of the molecule is Cc1ncc2n1Cc1cccc(c1)Oc1ccc3cccc(c3c1)N1CCN(CC1=O)C2. The van der Waals surface area contributed by atoms with Crippen LogP contribution in [-0.2, 0) is 17.9 Å². The first-order valence-corrected chi connectivity index (χ1v) is 11.0. The van der Waals surface area contributed by atoms with Crippen molar-refractivity contribution in [3.63, 3.8) is 0 Å². The number of benzene rings is 3. The molecule has 0 radical (unpaired) electrons. The first kappa shape index (κ1) is 19.1. The van der Waals surface area contributed by atoms with E-state index in [1.165, 1.54) is 0 Å². The lowest BCUT2D eigenvalue weighted by atomic mass is 10.1. The molecule has 7 rings (SSSR count). The summed E-state index contributed by atoms with van der Waals surface area (Å²) in [4.78, 5) is 21.9. The molecule has 3 aliphatic heterocycles. The third-order valence-corrected chi connectivity index (χ3v) is 6.42. The lowest BCUT2D eigenvalue weighted by Gasteiger charge is -2.35. The van der Waals surface area contributed by atoms with Gasteiger partial charge in [-0.15, -0.1) is 0 Å². The summed E-state index contributed by atoms with van der Waals surface area (Å²) < 4.78 is 8.47. The van der Waals surface area contributed by atoms with Gasteiger partial charge in [0.15, 0.2) is 0 Å². The highest BCUT2D eigenvalue weighted by Crippen LogP contribution is 2.33. The van der Waals surface area contributed by atoms with Crippen LogP contribution >= 0.6 is 0 Å². The topological polar surface area (TPSA) is 50.6 Å². The Labute approximate surface area is 186 Å². The van der Waals surface area contributed by atoms with Crippen LogP contribution in [0.3, 0.4) is 0 Å². The highest BCUT2D eigenvalue weighted by molar-refractivity contribution is 6.05. The van der Waals surface area contributed by atoms with Gasteiger partial charge in [-0.05, 0) is 48.2 Å². The normalized spacial score (nSPS) is 18.1. The van der Waals surface area contributed by atoms with Gasteiger partial charge in [0.2, 0.25) is 5.91 Å². The number of hydrogen-bond donors (Lipinski definition) is 0. The van der Waals surface area contributed by atoms with Crippen molar-refractivity contribution < 1.29 is 9.53 Å². The maximum Gasteiger partial charge on any atom is 0.241 e. The summed E-state index contributed by atoms with van der Waals surface area (Å²) in [7, 11) is 0. The average Bonchev–Trinajstić information content (AvgIpc) is 3.12. The average molecular weight is 425 g/mol. The minimum Gasteiger partial charge on any atom is -0.457 e. The number of imidazole rings is 1. The molecule has 6 nitrogen and oxygen atoms in total.